The topological polar surface area (TPSA) is 42.9 Å². The predicted octanol–water partition coefficient (Wildman–Crippen LogP) is 1.92. The molecule has 1 aliphatic heterocycles. The first kappa shape index (κ1) is 13.4. The second-order valence-electron chi connectivity index (χ2n) is 4.95. The van der Waals surface area contributed by atoms with Gasteiger partial charge in [-0.3, -0.25) is 4.79 Å². The number of hydrogen-bond donors (Lipinski definition) is 1. The first-order valence-electron chi connectivity index (χ1n) is 6.38. The fraction of sp³-hybridized carbons (Fsp3) is 0.500. The van der Waals surface area contributed by atoms with E-state index in [0.717, 1.165) is 23.6 Å². The van der Waals surface area contributed by atoms with Crippen LogP contribution in [0.1, 0.15) is 31.9 Å². The van der Waals surface area contributed by atoms with E-state index in [4.69, 9.17) is 16.3 Å². The number of halogens is 1. The summed E-state index contributed by atoms with van der Waals surface area (Å²) in [5.74, 6) is -0.198. The fourth-order valence-corrected chi connectivity index (χ4v) is 2.73. The van der Waals surface area contributed by atoms with Crippen LogP contribution in [0.3, 0.4) is 0 Å². The summed E-state index contributed by atoms with van der Waals surface area (Å²) in [6, 6.07) is 7.81. The Labute approximate surface area is 112 Å². The van der Waals surface area contributed by atoms with Gasteiger partial charge in [-0.2, -0.15) is 0 Å². The second kappa shape index (κ2) is 5.72. The van der Waals surface area contributed by atoms with E-state index in [1.54, 1.807) is 0 Å². The highest BCUT2D eigenvalue weighted by Crippen LogP contribution is 2.30. The highest BCUT2D eigenvalue weighted by molar-refractivity contribution is 6.31. The van der Waals surface area contributed by atoms with Gasteiger partial charge in [-0.05, 0) is 19.9 Å². The van der Waals surface area contributed by atoms with Crippen molar-refractivity contribution in [3.8, 4) is 0 Å². The van der Waals surface area contributed by atoms with Crippen molar-refractivity contribution in [1.29, 1.82) is 0 Å². The average Bonchev–Trinajstić information content (AvgIpc) is 2.77. The summed E-state index contributed by atoms with van der Waals surface area (Å²) >= 11 is 6.21. The minimum atomic E-state index is -0.108. The molecule has 2 atom stereocenters. The maximum absolute atomic E-state index is 12.1. The summed E-state index contributed by atoms with van der Waals surface area (Å²) in [6.07, 6.45) is 0.784. The van der Waals surface area contributed by atoms with Crippen LogP contribution in [-0.2, 0) is 9.53 Å². The molecule has 0 radical (unpaired) electrons. The molecule has 98 valence electrons. The normalized spacial score (nSPS) is 23.3. The average molecular weight is 269 g/mol. The molecule has 1 heterocycles. The molecule has 0 aromatic heterocycles. The van der Waals surface area contributed by atoms with Crippen molar-refractivity contribution in [2.24, 2.45) is 5.92 Å². The first-order valence-corrected chi connectivity index (χ1v) is 6.75. The SMILES string of the molecule is CC(C)OC(=O)[C@H]1CC[NH2+][C@@H]1c1ccccc1Cl. The molecule has 4 heteroatoms. The summed E-state index contributed by atoms with van der Waals surface area (Å²) in [6.45, 7) is 4.69. The van der Waals surface area contributed by atoms with Gasteiger partial charge < -0.3 is 10.1 Å². The highest BCUT2D eigenvalue weighted by atomic mass is 35.5. The Morgan fingerprint density at radius 1 is 1.44 bits per heavy atom. The lowest BCUT2D eigenvalue weighted by molar-refractivity contribution is -0.678. The van der Waals surface area contributed by atoms with Crippen LogP contribution in [0.2, 0.25) is 5.02 Å². The molecule has 0 aliphatic carbocycles. The van der Waals surface area contributed by atoms with Gasteiger partial charge in [0.05, 0.1) is 12.6 Å². The lowest BCUT2D eigenvalue weighted by atomic mass is 9.94. The number of hydrogen-bond acceptors (Lipinski definition) is 2. The minimum absolute atomic E-state index is 0.0648. The fourth-order valence-electron chi connectivity index (χ4n) is 2.47. The summed E-state index contributed by atoms with van der Waals surface area (Å²) < 4.78 is 5.32. The molecule has 2 rings (SSSR count). The third kappa shape index (κ3) is 2.85. The third-order valence-corrected chi connectivity index (χ3v) is 3.59. The molecule has 1 aliphatic rings. The van der Waals surface area contributed by atoms with Gasteiger partial charge in [0.15, 0.2) is 0 Å². The van der Waals surface area contributed by atoms with Gasteiger partial charge in [0.2, 0.25) is 0 Å². The van der Waals surface area contributed by atoms with E-state index < -0.39 is 0 Å². The maximum Gasteiger partial charge on any atom is 0.315 e. The van der Waals surface area contributed by atoms with Crippen LogP contribution < -0.4 is 5.32 Å². The summed E-state index contributed by atoms with van der Waals surface area (Å²) in [7, 11) is 0. The van der Waals surface area contributed by atoms with Crippen LogP contribution in [0, 0.1) is 5.92 Å². The third-order valence-electron chi connectivity index (χ3n) is 3.25. The van der Waals surface area contributed by atoms with Crippen molar-refractivity contribution in [3.63, 3.8) is 0 Å². The summed E-state index contributed by atoms with van der Waals surface area (Å²) in [5.41, 5.74) is 1.03. The van der Waals surface area contributed by atoms with Crippen molar-refractivity contribution < 1.29 is 14.8 Å². The Hall–Kier alpha value is -1.06. The van der Waals surface area contributed by atoms with Crippen molar-refractivity contribution in [1.82, 2.24) is 0 Å². The lowest BCUT2D eigenvalue weighted by Crippen LogP contribution is -2.82. The molecule has 1 aromatic carbocycles. The second-order valence-corrected chi connectivity index (χ2v) is 5.36. The molecule has 18 heavy (non-hydrogen) atoms. The number of rotatable bonds is 3. The highest BCUT2D eigenvalue weighted by Gasteiger charge is 2.39. The standard InChI is InChI=1S/C14H18ClNO2/c1-9(2)18-14(17)11-7-8-16-13(11)10-5-3-4-6-12(10)15/h3-6,9,11,13,16H,7-8H2,1-2H3/p+1/t11-,13+/m0/s1. The quantitative estimate of drug-likeness (QED) is 0.851. The lowest BCUT2D eigenvalue weighted by Gasteiger charge is -2.18. The van der Waals surface area contributed by atoms with Crippen molar-refractivity contribution in [2.75, 3.05) is 6.54 Å². The first-order chi connectivity index (χ1) is 8.59. The van der Waals surface area contributed by atoms with Gasteiger partial charge in [0, 0.05) is 17.0 Å². The van der Waals surface area contributed by atoms with E-state index in [9.17, 15) is 4.79 Å². The zero-order chi connectivity index (χ0) is 13.1. The number of esters is 1. The largest absolute Gasteiger partial charge is 0.463 e. The molecule has 1 aromatic rings. The summed E-state index contributed by atoms with van der Waals surface area (Å²) in [4.78, 5) is 12.1. The van der Waals surface area contributed by atoms with Crippen molar-refractivity contribution in [2.45, 2.75) is 32.4 Å². The monoisotopic (exact) mass is 268 g/mol. The Balaban J connectivity index is 2.18. The number of ether oxygens (including phenoxy) is 1. The number of carbonyl (C=O) groups is 1. The molecule has 2 N–H and O–H groups in total. The van der Waals surface area contributed by atoms with E-state index in [1.807, 2.05) is 38.1 Å². The molecule has 0 unspecified atom stereocenters. The van der Waals surface area contributed by atoms with Gasteiger partial charge in [-0.15, -0.1) is 0 Å². The van der Waals surface area contributed by atoms with Crippen molar-refractivity contribution in [3.05, 3.63) is 34.9 Å². The van der Waals surface area contributed by atoms with Gasteiger partial charge >= 0.3 is 5.97 Å². The van der Waals surface area contributed by atoms with E-state index in [0.29, 0.717) is 0 Å². The van der Waals surface area contributed by atoms with Crippen LogP contribution >= 0.6 is 11.6 Å². The molecule has 0 amide bonds. The van der Waals surface area contributed by atoms with Gasteiger partial charge in [-0.25, -0.2) is 0 Å². The Bertz CT molecular complexity index is 434. The molecular formula is C14H19ClNO2+. The van der Waals surface area contributed by atoms with Crippen LogP contribution in [0.25, 0.3) is 0 Å². The Morgan fingerprint density at radius 3 is 2.83 bits per heavy atom. The Kier molecular flexibility index (Phi) is 4.25. The molecule has 0 bridgehead atoms. The smallest absolute Gasteiger partial charge is 0.315 e. The van der Waals surface area contributed by atoms with Crippen LogP contribution in [0.5, 0.6) is 0 Å². The number of benzene rings is 1. The maximum atomic E-state index is 12.1. The van der Waals surface area contributed by atoms with E-state index in [1.165, 1.54) is 0 Å². The zero-order valence-corrected chi connectivity index (χ0v) is 11.5. The van der Waals surface area contributed by atoms with Crippen LogP contribution in [0.15, 0.2) is 24.3 Å². The van der Waals surface area contributed by atoms with Gasteiger partial charge in [0.1, 0.15) is 12.0 Å². The minimum Gasteiger partial charge on any atom is -0.463 e. The van der Waals surface area contributed by atoms with Gasteiger partial charge in [-0.1, -0.05) is 29.8 Å². The van der Waals surface area contributed by atoms with E-state index >= 15 is 0 Å². The van der Waals surface area contributed by atoms with Crippen molar-refractivity contribution >= 4 is 17.6 Å². The number of nitrogens with two attached hydrogens (primary N) is 1. The predicted molar refractivity (Wildman–Crippen MR) is 70.3 cm³/mol. The molecule has 0 saturated carbocycles. The summed E-state index contributed by atoms with van der Waals surface area (Å²) in [5, 5.41) is 2.90. The Morgan fingerprint density at radius 2 is 2.17 bits per heavy atom. The number of carbonyl (C=O) groups excluding carboxylic acids is 1. The molecule has 3 nitrogen and oxygen atoms in total. The van der Waals surface area contributed by atoms with Gasteiger partial charge in [0.25, 0.3) is 0 Å². The molecular weight excluding hydrogens is 250 g/mol. The molecule has 1 fully saturated rings. The van der Waals surface area contributed by atoms with E-state index in [2.05, 4.69) is 5.32 Å². The van der Waals surface area contributed by atoms with E-state index in [-0.39, 0.29) is 24.0 Å². The van der Waals surface area contributed by atoms with Crippen LogP contribution in [-0.4, -0.2) is 18.6 Å². The molecule has 1 saturated heterocycles. The van der Waals surface area contributed by atoms with Crippen LogP contribution in [0.4, 0.5) is 0 Å². The molecule has 0 spiro atoms. The number of quaternary nitrogens is 1. The zero-order valence-electron chi connectivity index (χ0n) is 10.7.